The highest BCUT2D eigenvalue weighted by atomic mass is 16.5. The van der Waals surface area contributed by atoms with Gasteiger partial charge in [-0.25, -0.2) is 4.79 Å². The Kier molecular flexibility index (Phi) is 2.23. The fraction of sp³-hybridized carbons (Fsp3) is 0.300. The maximum Gasteiger partial charge on any atom is 0.338 e. The van der Waals surface area contributed by atoms with E-state index >= 15 is 0 Å². The standard InChI is InChI=1S/C10H12N2O2/c11-4-9(12)6-1-2-8-7(3-6)5-14-10(8)13/h1-3,9H,4-5,11-12H2. The van der Waals surface area contributed by atoms with Gasteiger partial charge in [-0.3, -0.25) is 0 Å². The molecule has 1 heterocycles. The second-order valence-corrected chi connectivity index (χ2v) is 3.33. The minimum absolute atomic E-state index is 0.170. The van der Waals surface area contributed by atoms with E-state index in [0.29, 0.717) is 18.7 Å². The molecule has 0 radical (unpaired) electrons. The first-order chi connectivity index (χ1) is 6.72. The summed E-state index contributed by atoms with van der Waals surface area (Å²) >= 11 is 0. The first-order valence-electron chi connectivity index (χ1n) is 4.48. The maximum absolute atomic E-state index is 11.1. The van der Waals surface area contributed by atoms with Crippen molar-refractivity contribution in [3.8, 4) is 0 Å². The van der Waals surface area contributed by atoms with Crippen LogP contribution in [0.15, 0.2) is 18.2 Å². The summed E-state index contributed by atoms with van der Waals surface area (Å²) < 4.78 is 4.88. The number of fused-ring (bicyclic) bond motifs is 1. The Morgan fingerprint density at radius 1 is 1.50 bits per heavy atom. The first kappa shape index (κ1) is 9.18. The van der Waals surface area contributed by atoms with Crippen molar-refractivity contribution in [2.75, 3.05) is 6.54 Å². The van der Waals surface area contributed by atoms with Crippen molar-refractivity contribution in [1.82, 2.24) is 0 Å². The Morgan fingerprint density at radius 2 is 2.29 bits per heavy atom. The molecule has 1 aromatic carbocycles. The normalized spacial score (nSPS) is 16.3. The van der Waals surface area contributed by atoms with Gasteiger partial charge in [0.05, 0.1) is 5.56 Å². The van der Waals surface area contributed by atoms with Gasteiger partial charge < -0.3 is 16.2 Å². The number of hydrogen-bond acceptors (Lipinski definition) is 4. The third-order valence-corrected chi connectivity index (χ3v) is 2.39. The van der Waals surface area contributed by atoms with Crippen LogP contribution in [0.1, 0.15) is 27.5 Å². The molecule has 0 saturated carbocycles. The van der Waals surface area contributed by atoms with Crippen molar-refractivity contribution < 1.29 is 9.53 Å². The third kappa shape index (κ3) is 1.38. The van der Waals surface area contributed by atoms with Crippen molar-refractivity contribution in [1.29, 1.82) is 0 Å². The lowest BCUT2D eigenvalue weighted by molar-refractivity contribution is 0.0535. The molecule has 4 nitrogen and oxygen atoms in total. The van der Waals surface area contributed by atoms with Gasteiger partial charge in [0.1, 0.15) is 6.61 Å². The van der Waals surface area contributed by atoms with E-state index in [1.54, 1.807) is 6.07 Å². The Labute approximate surface area is 81.8 Å². The van der Waals surface area contributed by atoms with Crippen molar-refractivity contribution in [3.05, 3.63) is 34.9 Å². The van der Waals surface area contributed by atoms with Crippen LogP contribution in [0.5, 0.6) is 0 Å². The highest BCUT2D eigenvalue weighted by Crippen LogP contribution is 2.22. The van der Waals surface area contributed by atoms with Crippen LogP contribution in [-0.4, -0.2) is 12.5 Å². The second-order valence-electron chi connectivity index (χ2n) is 3.33. The number of esters is 1. The monoisotopic (exact) mass is 192 g/mol. The average molecular weight is 192 g/mol. The van der Waals surface area contributed by atoms with Crippen LogP contribution in [0.3, 0.4) is 0 Å². The maximum atomic E-state index is 11.1. The topological polar surface area (TPSA) is 78.3 Å². The van der Waals surface area contributed by atoms with Crippen molar-refractivity contribution in [2.45, 2.75) is 12.6 Å². The smallest absolute Gasteiger partial charge is 0.338 e. The fourth-order valence-corrected chi connectivity index (χ4v) is 1.52. The Hall–Kier alpha value is -1.39. The van der Waals surface area contributed by atoms with Gasteiger partial charge in [0.15, 0.2) is 0 Å². The van der Waals surface area contributed by atoms with Crippen LogP contribution in [-0.2, 0) is 11.3 Å². The lowest BCUT2D eigenvalue weighted by Crippen LogP contribution is -2.20. The van der Waals surface area contributed by atoms with E-state index in [2.05, 4.69) is 0 Å². The molecule has 1 aliphatic rings. The quantitative estimate of drug-likeness (QED) is 0.661. The predicted molar refractivity (Wildman–Crippen MR) is 51.5 cm³/mol. The van der Waals surface area contributed by atoms with Gasteiger partial charge >= 0.3 is 5.97 Å². The zero-order valence-electron chi connectivity index (χ0n) is 7.69. The van der Waals surface area contributed by atoms with Crippen molar-refractivity contribution in [3.63, 3.8) is 0 Å². The molecule has 1 aromatic rings. The SMILES string of the molecule is NCC(N)c1ccc2c(c1)COC2=O. The molecule has 0 bridgehead atoms. The predicted octanol–water partition coefficient (Wildman–Crippen LogP) is 0.315. The molecule has 1 aliphatic heterocycles. The van der Waals surface area contributed by atoms with E-state index in [1.165, 1.54) is 0 Å². The summed E-state index contributed by atoms with van der Waals surface area (Å²) in [5, 5.41) is 0. The number of benzene rings is 1. The minimum atomic E-state index is -0.257. The highest BCUT2D eigenvalue weighted by Gasteiger charge is 2.21. The van der Waals surface area contributed by atoms with Crippen LogP contribution >= 0.6 is 0 Å². The first-order valence-corrected chi connectivity index (χ1v) is 4.48. The average Bonchev–Trinajstić information content (AvgIpc) is 2.59. The highest BCUT2D eigenvalue weighted by molar-refractivity contribution is 5.93. The van der Waals surface area contributed by atoms with Crippen LogP contribution in [0.25, 0.3) is 0 Å². The number of nitrogens with two attached hydrogens (primary N) is 2. The molecule has 1 atom stereocenters. The van der Waals surface area contributed by atoms with E-state index in [4.69, 9.17) is 16.2 Å². The summed E-state index contributed by atoms with van der Waals surface area (Å²) in [5.41, 5.74) is 13.7. The van der Waals surface area contributed by atoms with E-state index in [1.807, 2.05) is 12.1 Å². The van der Waals surface area contributed by atoms with E-state index < -0.39 is 0 Å². The molecule has 0 amide bonds. The summed E-state index contributed by atoms with van der Waals surface area (Å²) in [5.74, 6) is -0.257. The van der Waals surface area contributed by atoms with Crippen LogP contribution in [0.4, 0.5) is 0 Å². The molecule has 2 rings (SSSR count). The minimum Gasteiger partial charge on any atom is -0.457 e. The van der Waals surface area contributed by atoms with Crippen LogP contribution < -0.4 is 11.5 Å². The van der Waals surface area contributed by atoms with Gasteiger partial charge in [0, 0.05) is 18.2 Å². The van der Waals surface area contributed by atoms with Gasteiger partial charge in [-0.05, 0) is 17.7 Å². The summed E-state index contributed by atoms with van der Waals surface area (Å²) in [6, 6.07) is 5.28. The third-order valence-electron chi connectivity index (χ3n) is 2.39. The van der Waals surface area contributed by atoms with Gasteiger partial charge in [0.2, 0.25) is 0 Å². The van der Waals surface area contributed by atoms with Gasteiger partial charge in [-0.15, -0.1) is 0 Å². The molecule has 0 spiro atoms. The van der Waals surface area contributed by atoms with E-state index in [0.717, 1.165) is 11.1 Å². The summed E-state index contributed by atoms with van der Waals surface area (Å²) in [6.45, 7) is 0.743. The number of carbonyl (C=O) groups excluding carboxylic acids is 1. The molecule has 0 fully saturated rings. The van der Waals surface area contributed by atoms with Gasteiger partial charge in [0.25, 0.3) is 0 Å². The molecule has 74 valence electrons. The zero-order valence-corrected chi connectivity index (χ0v) is 7.69. The Bertz CT molecular complexity index is 376. The van der Waals surface area contributed by atoms with Gasteiger partial charge in [-0.2, -0.15) is 0 Å². The lowest BCUT2D eigenvalue weighted by Gasteiger charge is -2.09. The van der Waals surface area contributed by atoms with Crippen molar-refractivity contribution >= 4 is 5.97 Å². The summed E-state index contributed by atoms with van der Waals surface area (Å²) in [7, 11) is 0. The molecule has 4 N–H and O–H groups in total. The lowest BCUT2D eigenvalue weighted by atomic mass is 10.0. The summed E-state index contributed by atoms with van der Waals surface area (Å²) in [6.07, 6.45) is 0. The molecular weight excluding hydrogens is 180 g/mol. The Morgan fingerprint density at radius 3 is 3.00 bits per heavy atom. The second kappa shape index (κ2) is 3.40. The molecule has 1 unspecified atom stereocenters. The molecule has 4 heteroatoms. The number of cyclic esters (lactones) is 1. The van der Waals surface area contributed by atoms with Gasteiger partial charge in [-0.1, -0.05) is 6.07 Å². The number of carbonyl (C=O) groups is 1. The molecular formula is C10H12N2O2. The zero-order chi connectivity index (χ0) is 10.1. The summed E-state index contributed by atoms with van der Waals surface area (Å²) in [4.78, 5) is 11.1. The number of hydrogen-bond donors (Lipinski definition) is 2. The largest absolute Gasteiger partial charge is 0.457 e. The number of ether oxygens (including phenoxy) is 1. The molecule has 0 aromatic heterocycles. The molecule has 14 heavy (non-hydrogen) atoms. The fourth-order valence-electron chi connectivity index (χ4n) is 1.52. The van der Waals surface area contributed by atoms with Crippen LogP contribution in [0, 0.1) is 0 Å². The van der Waals surface area contributed by atoms with Crippen LogP contribution in [0.2, 0.25) is 0 Å². The number of rotatable bonds is 2. The van der Waals surface area contributed by atoms with E-state index in [-0.39, 0.29) is 12.0 Å². The Balaban J connectivity index is 2.37. The van der Waals surface area contributed by atoms with E-state index in [9.17, 15) is 4.79 Å². The molecule has 0 aliphatic carbocycles. The van der Waals surface area contributed by atoms with Crippen molar-refractivity contribution in [2.24, 2.45) is 11.5 Å². The molecule has 0 saturated heterocycles.